The Hall–Kier alpha value is -2.33. The molecule has 5 aliphatic rings. The van der Waals surface area contributed by atoms with Gasteiger partial charge in [0.05, 0.1) is 19.3 Å². The fourth-order valence-corrected chi connectivity index (χ4v) is 9.01. The minimum absolute atomic E-state index is 0.00135. The number of hydrogen-bond acceptors (Lipinski definition) is 5. The van der Waals surface area contributed by atoms with Gasteiger partial charge in [-0.1, -0.05) is 0 Å². The molecule has 4 saturated carbocycles. The molecule has 4 bridgehead atoms. The number of benzene rings is 1. The molecule has 1 aliphatic heterocycles. The van der Waals surface area contributed by atoms with Crippen molar-refractivity contribution in [1.82, 2.24) is 9.62 Å². The van der Waals surface area contributed by atoms with Crippen molar-refractivity contribution in [1.29, 1.82) is 0 Å². The molecule has 1 heterocycles. The molecule has 4 aliphatic carbocycles. The number of methoxy groups -OCH3 is 1. The van der Waals surface area contributed by atoms with E-state index in [-0.39, 0.29) is 29.8 Å². The second-order valence-electron chi connectivity index (χ2n) is 10.7. The summed E-state index contributed by atoms with van der Waals surface area (Å²) < 4.78 is 34.4. The zero-order valence-corrected chi connectivity index (χ0v) is 20.4. The van der Waals surface area contributed by atoms with Gasteiger partial charge in [-0.2, -0.15) is 12.7 Å². The topological polar surface area (TPSA) is 122 Å². The molecule has 5 fully saturated rings. The number of hydrogen-bond donors (Lipinski definition) is 2. The lowest BCUT2D eigenvalue weighted by molar-refractivity contribution is -0.134. The van der Waals surface area contributed by atoms with Crippen molar-refractivity contribution in [2.75, 3.05) is 31.0 Å². The first kappa shape index (κ1) is 23.4. The molecule has 0 spiro atoms. The Morgan fingerprint density at radius 1 is 1.12 bits per heavy atom. The Morgan fingerprint density at radius 3 is 2.41 bits per heavy atom. The number of nitrogens with zero attached hydrogens (tertiary/aromatic N) is 2. The predicted molar refractivity (Wildman–Crippen MR) is 127 cm³/mol. The number of nitrogens with one attached hydrogen (secondary N) is 1. The van der Waals surface area contributed by atoms with Crippen LogP contribution in [-0.4, -0.2) is 57.3 Å². The fraction of sp³-hybridized carbons (Fsp3) is 0.667. The van der Waals surface area contributed by atoms with Gasteiger partial charge in [0.1, 0.15) is 5.75 Å². The van der Waals surface area contributed by atoms with Gasteiger partial charge in [0.25, 0.3) is 0 Å². The van der Waals surface area contributed by atoms with Gasteiger partial charge < -0.3 is 15.8 Å². The largest absolute Gasteiger partial charge is 0.497 e. The average molecular weight is 491 g/mol. The number of carbonyl (C=O) groups excluding carboxylic acids is 2. The molecule has 34 heavy (non-hydrogen) atoms. The zero-order chi connectivity index (χ0) is 24.1. The van der Waals surface area contributed by atoms with Crippen LogP contribution in [0, 0.1) is 23.2 Å². The molecule has 10 heteroatoms. The molecule has 1 saturated heterocycles. The van der Waals surface area contributed by atoms with Crippen LogP contribution in [0.25, 0.3) is 0 Å². The van der Waals surface area contributed by atoms with Gasteiger partial charge in [0.2, 0.25) is 11.8 Å². The van der Waals surface area contributed by atoms with E-state index < -0.39 is 10.2 Å². The summed E-state index contributed by atoms with van der Waals surface area (Å²) in [5.41, 5.74) is 6.11. The van der Waals surface area contributed by atoms with Gasteiger partial charge in [0.15, 0.2) is 0 Å². The van der Waals surface area contributed by atoms with Gasteiger partial charge >= 0.3 is 10.2 Å². The highest BCUT2D eigenvalue weighted by atomic mass is 32.2. The third kappa shape index (κ3) is 4.26. The minimum atomic E-state index is -3.80. The fourth-order valence-electron chi connectivity index (χ4n) is 7.34. The van der Waals surface area contributed by atoms with Crippen LogP contribution >= 0.6 is 0 Å². The number of rotatable bonds is 7. The molecule has 0 radical (unpaired) electrons. The number of primary amides is 1. The first-order chi connectivity index (χ1) is 16.2. The Balaban J connectivity index is 1.24. The molecular formula is C24H34N4O5S. The maximum Gasteiger partial charge on any atom is 0.304 e. The molecule has 2 amide bonds. The maximum atomic E-state index is 13.3. The van der Waals surface area contributed by atoms with E-state index in [1.165, 1.54) is 8.61 Å². The molecule has 2 unspecified atom stereocenters. The number of anilines is 1. The monoisotopic (exact) mass is 490 g/mol. The number of ether oxygens (including phenoxy) is 1. The van der Waals surface area contributed by atoms with Crippen molar-refractivity contribution in [3.8, 4) is 5.75 Å². The summed E-state index contributed by atoms with van der Waals surface area (Å²) in [7, 11) is -2.24. The van der Waals surface area contributed by atoms with Gasteiger partial charge in [-0.25, -0.2) is 0 Å². The van der Waals surface area contributed by atoms with E-state index in [2.05, 4.69) is 5.32 Å². The molecule has 1 aromatic carbocycles. The van der Waals surface area contributed by atoms with Crippen molar-refractivity contribution in [3.05, 3.63) is 24.3 Å². The van der Waals surface area contributed by atoms with Crippen LogP contribution in [0.3, 0.4) is 0 Å². The maximum absolute atomic E-state index is 13.3. The van der Waals surface area contributed by atoms with Crippen molar-refractivity contribution in [2.24, 2.45) is 28.9 Å². The van der Waals surface area contributed by atoms with Crippen molar-refractivity contribution >= 4 is 27.7 Å². The van der Waals surface area contributed by atoms with Crippen LogP contribution in [0.15, 0.2) is 24.3 Å². The first-order valence-electron chi connectivity index (χ1n) is 12.2. The van der Waals surface area contributed by atoms with Gasteiger partial charge in [-0.3, -0.25) is 13.9 Å². The molecular weight excluding hydrogens is 456 g/mol. The Labute approximate surface area is 201 Å². The highest BCUT2D eigenvalue weighted by Crippen LogP contribution is 2.61. The smallest absolute Gasteiger partial charge is 0.304 e. The summed E-state index contributed by atoms with van der Waals surface area (Å²) in [6.07, 6.45) is 6.11. The Morgan fingerprint density at radius 2 is 1.79 bits per heavy atom. The van der Waals surface area contributed by atoms with Crippen LogP contribution in [0.4, 0.5) is 5.69 Å². The molecule has 9 nitrogen and oxygen atoms in total. The molecule has 6 rings (SSSR count). The van der Waals surface area contributed by atoms with Crippen molar-refractivity contribution in [2.45, 2.75) is 51.0 Å². The number of carbonyl (C=O) groups is 2. The summed E-state index contributed by atoms with van der Waals surface area (Å²) in [6.45, 7) is 0.521. The van der Waals surface area contributed by atoms with Crippen LogP contribution in [-0.2, 0) is 19.8 Å². The lowest BCUT2D eigenvalue weighted by atomic mass is 9.47. The molecule has 2 atom stereocenters. The quantitative estimate of drug-likeness (QED) is 0.602. The summed E-state index contributed by atoms with van der Waals surface area (Å²) in [5, 5.41) is 3.19. The average Bonchev–Trinajstić information content (AvgIpc) is 2.76. The Kier molecular flexibility index (Phi) is 6.00. The van der Waals surface area contributed by atoms with Crippen LogP contribution < -0.4 is 20.1 Å². The van der Waals surface area contributed by atoms with Crippen LogP contribution in [0.2, 0.25) is 0 Å². The molecule has 0 aromatic heterocycles. The highest BCUT2D eigenvalue weighted by molar-refractivity contribution is 7.90. The summed E-state index contributed by atoms with van der Waals surface area (Å²) in [4.78, 5) is 24.7. The molecule has 1 aromatic rings. The van der Waals surface area contributed by atoms with E-state index in [9.17, 15) is 18.0 Å². The third-order valence-electron chi connectivity index (χ3n) is 8.33. The molecule has 186 valence electrons. The van der Waals surface area contributed by atoms with E-state index in [0.29, 0.717) is 55.1 Å². The normalized spacial score (nSPS) is 34.1. The third-order valence-corrected chi connectivity index (χ3v) is 10.2. The highest BCUT2D eigenvalue weighted by Gasteiger charge is 2.56. The van der Waals surface area contributed by atoms with Gasteiger partial charge in [-0.05, 0) is 86.0 Å². The van der Waals surface area contributed by atoms with Gasteiger partial charge in [0, 0.05) is 25.6 Å². The lowest BCUT2D eigenvalue weighted by Crippen LogP contribution is -2.61. The first-order valence-corrected chi connectivity index (χ1v) is 13.6. The van der Waals surface area contributed by atoms with Crippen molar-refractivity contribution < 1.29 is 22.7 Å². The standard InChI is InChI=1S/C24H34N4O5S/c1-33-20-5-3-19(4-6-20)28-8-2-7-27(34(28,31)32)15-22(30)26-23-17-9-16-10-18(23)13-24(11-16,12-17)14-21(25)29/h3-6,16-18,23H,2,7-15H2,1H3,(H2,25,29)(H,26,30). The SMILES string of the molecule is COc1ccc(N2CCCN(CC(=O)NC3C4CC5CC3CC(CC(N)=O)(C5)C4)S2(=O)=O)cc1. The summed E-state index contributed by atoms with van der Waals surface area (Å²) in [5.74, 6) is 1.45. The lowest BCUT2D eigenvalue weighted by Gasteiger charge is -2.60. The second kappa shape index (κ2) is 8.71. The van der Waals surface area contributed by atoms with Crippen LogP contribution in [0.1, 0.15) is 44.9 Å². The number of amides is 2. The molecule has 3 N–H and O–H groups in total. The predicted octanol–water partition coefficient (Wildman–Crippen LogP) is 1.64. The van der Waals surface area contributed by atoms with Gasteiger partial charge in [-0.15, -0.1) is 0 Å². The minimum Gasteiger partial charge on any atom is -0.497 e. The van der Waals surface area contributed by atoms with E-state index in [0.717, 1.165) is 32.1 Å². The van der Waals surface area contributed by atoms with E-state index in [1.807, 2.05) is 0 Å². The number of nitrogens with two attached hydrogens (primary N) is 1. The van der Waals surface area contributed by atoms with E-state index >= 15 is 0 Å². The van der Waals surface area contributed by atoms with E-state index in [4.69, 9.17) is 10.5 Å². The van der Waals surface area contributed by atoms with E-state index in [1.54, 1.807) is 31.4 Å². The summed E-state index contributed by atoms with van der Waals surface area (Å²) in [6, 6.07) is 6.95. The summed E-state index contributed by atoms with van der Waals surface area (Å²) >= 11 is 0. The second-order valence-corrected chi connectivity index (χ2v) is 12.5. The zero-order valence-electron chi connectivity index (χ0n) is 19.6. The van der Waals surface area contributed by atoms with Crippen molar-refractivity contribution in [3.63, 3.8) is 0 Å². The Bertz CT molecular complexity index is 1040. The van der Waals surface area contributed by atoms with Crippen LogP contribution in [0.5, 0.6) is 5.75 Å².